The fraction of sp³-hybridized carbons (Fsp3) is 0. The van der Waals surface area contributed by atoms with Gasteiger partial charge in [-0.15, -0.1) is 0 Å². The van der Waals surface area contributed by atoms with E-state index < -0.39 is 20.3 Å². The topological polar surface area (TPSA) is 115 Å². The molecule has 1 heterocycles. The molecule has 0 aliphatic rings. The van der Waals surface area contributed by atoms with Crippen LogP contribution in [0.25, 0.3) is 10.1 Å². The summed E-state index contributed by atoms with van der Waals surface area (Å²) in [6, 6.07) is 12.2. The molecule has 0 aliphatic heterocycles. The summed E-state index contributed by atoms with van der Waals surface area (Å²) >= 11 is 0.801. The Hall–Kier alpha value is -3.33. The predicted molar refractivity (Wildman–Crippen MR) is 91.1 cm³/mol. The van der Waals surface area contributed by atoms with Gasteiger partial charge in [0.1, 0.15) is 5.69 Å². The Kier molecular flexibility index (Phi) is 3.92. The number of nitro benzene ring substituents is 1. The minimum Gasteiger partial charge on any atom is -0.349 e. The van der Waals surface area contributed by atoms with Crippen LogP contribution < -0.4 is 10.1 Å². The van der Waals surface area contributed by atoms with Crippen LogP contribution in [0.5, 0.6) is 0 Å². The first-order valence-electron chi connectivity index (χ1n) is 6.69. The van der Waals surface area contributed by atoms with Crippen molar-refractivity contribution < 1.29 is 9.85 Å². The monoisotopic (exact) mass is 343 g/mol. The van der Waals surface area contributed by atoms with E-state index in [9.17, 15) is 25.0 Å². The summed E-state index contributed by atoms with van der Waals surface area (Å²) in [7, 11) is 0. The van der Waals surface area contributed by atoms with Gasteiger partial charge in [-0.25, -0.2) is 0 Å². The molecule has 3 aromatic rings. The summed E-state index contributed by atoms with van der Waals surface area (Å²) < 4.78 is -0.0550. The molecule has 0 atom stereocenters. The maximum absolute atomic E-state index is 12.1. The van der Waals surface area contributed by atoms with E-state index in [2.05, 4.69) is 5.32 Å². The van der Waals surface area contributed by atoms with Crippen molar-refractivity contribution in [2.45, 2.75) is 0 Å². The number of nitrogens with one attached hydrogen (secondary N) is 1. The fourth-order valence-corrected chi connectivity index (χ4v) is 3.14. The highest BCUT2D eigenvalue weighted by Crippen LogP contribution is 2.34. The van der Waals surface area contributed by atoms with Gasteiger partial charge < -0.3 is 5.32 Å². The van der Waals surface area contributed by atoms with Gasteiger partial charge in [0.05, 0.1) is 9.85 Å². The summed E-state index contributed by atoms with van der Waals surface area (Å²) in [5, 5.41) is 25.4. The highest BCUT2D eigenvalue weighted by Gasteiger charge is 2.23. The molecule has 2 aromatic carbocycles. The third-order valence-electron chi connectivity index (χ3n) is 3.32. The SMILES string of the molecule is O=c1sc2ccccc2c(Nc2ccc([N+](=O)[O-])cc2)c1[N+](=O)[O-]. The van der Waals surface area contributed by atoms with Crippen LogP contribution in [0.3, 0.4) is 0 Å². The Morgan fingerprint density at radius 3 is 2.21 bits per heavy atom. The van der Waals surface area contributed by atoms with Crippen LogP contribution in [-0.4, -0.2) is 9.85 Å². The van der Waals surface area contributed by atoms with E-state index in [0.717, 1.165) is 11.3 Å². The lowest BCUT2D eigenvalue weighted by molar-refractivity contribution is -0.384. The summed E-state index contributed by atoms with van der Waals surface area (Å²) in [6.45, 7) is 0. The maximum Gasteiger partial charge on any atom is 0.350 e. The first-order valence-corrected chi connectivity index (χ1v) is 7.51. The Balaban J connectivity index is 2.16. The minimum absolute atomic E-state index is 0.0770. The molecule has 0 spiro atoms. The number of hydrogen-bond acceptors (Lipinski definition) is 7. The van der Waals surface area contributed by atoms with E-state index >= 15 is 0 Å². The molecule has 0 amide bonds. The van der Waals surface area contributed by atoms with Gasteiger partial charge >= 0.3 is 10.4 Å². The molecule has 1 aromatic heterocycles. The minimum atomic E-state index is -0.723. The largest absolute Gasteiger partial charge is 0.350 e. The maximum atomic E-state index is 12.1. The van der Waals surface area contributed by atoms with Crippen molar-refractivity contribution in [1.82, 2.24) is 0 Å². The zero-order valence-corrected chi connectivity index (χ0v) is 12.8. The van der Waals surface area contributed by atoms with E-state index in [1.807, 2.05) is 0 Å². The molecule has 1 N–H and O–H groups in total. The lowest BCUT2D eigenvalue weighted by Gasteiger charge is -2.09. The molecular formula is C15H9N3O5S. The van der Waals surface area contributed by atoms with Crippen LogP contribution >= 0.6 is 11.3 Å². The van der Waals surface area contributed by atoms with Crippen molar-refractivity contribution in [3.05, 3.63) is 78.3 Å². The summed E-state index contributed by atoms with van der Waals surface area (Å²) in [5.74, 6) is 0. The Morgan fingerprint density at radius 1 is 0.917 bits per heavy atom. The number of hydrogen-bond donors (Lipinski definition) is 1. The van der Waals surface area contributed by atoms with Crippen LogP contribution in [0.1, 0.15) is 0 Å². The van der Waals surface area contributed by atoms with Crippen LogP contribution in [0.4, 0.5) is 22.7 Å². The summed E-state index contributed by atoms with van der Waals surface area (Å²) in [4.78, 5) is 32.8. The molecule has 0 aliphatic carbocycles. The molecule has 3 rings (SSSR count). The normalized spacial score (nSPS) is 10.5. The first-order chi connectivity index (χ1) is 11.5. The molecule has 120 valence electrons. The number of non-ortho nitro benzene ring substituents is 1. The van der Waals surface area contributed by atoms with Crippen molar-refractivity contribution in [3.8, 4) is 0 Å². The van der Waals surface area contributed by atoms with Gasteiger partial charge in [0, 0.05) is 27.9 Å². The Labute approximate surface area is 138 Å². The second-order valence-corrected chi connectivity index (χ2v) is 5.81. The quantitative estimate of drug-likeness (QED) is 0.568. The van der Waals surface area contributed by atoms with E-state index in [1.54, 1.807) is 24.3 Å². The molecule has 0 saturated heterocycles. The number of benzene rings is 2. The fourth-order valence-electron chi connectivity index (χ4n) is 2.24. The second kappa shape index (κ2) is 6.05. The number of nitro groups is 2. The summed E-state index contributed by atoms with van der Waals surface area (Å²) in [5.41, 5.74) is -0.158. The van der Waals surface area contributed by atoms with Gasteiger partial charge in [-0.3, -0.25) is 25.0 Å². The molecule has 0 saturated carbocycles. The van der Waals surface area contributed by atoms with Crippen molar-refractivity contribution in [2.24, 2.45) is 0 Å². The standard InChI is InChI=1S/C15H9N3O5S/c19-15-14(18(22)23)13(11-3-1-2-4-12(11)24-15)16-9-5-7-10(8-6-9)17(20)21/h1-8,16H. The van der Waals surface area contributed by atoms with Gasteiger partial charge in [0.2, 0.25) is 0 Å². The third kappa shape index (κ3) is 2.79. The molecule has 0 fully saturated rings. The van der Waals surface area contributed by atoms with Crippen LogP contribution in [-0.2, 0) is 0 Å². The number of fused-ring (bicyclic) bond motifs is 1. The Bertz CT molecular complexity index is 1010. The van der Waals surface area contributed by atoms with Crippen LogP contribution in [0.15, 0.2) is 53.3 Å². The van der Waals surface area contributed by atoms with Gasteiger partial charge in [0.15, 0.2) is 0 Å². The Morgan fingerprint density at radius 2 is 1.58 bits per heavy atom. The van der Waals surface area contributed by atoms with Crippen LogP contribution in [0.2, 0.25) is 0 Å². The van der Waals surface area contributed by atoms with Crippen molar-refractivity contribution in [3.63, 3.8) is 0 Å². The van der Waals surface area contributed by atoms with Crippen molar-refractivity contribution in [2.75, 3.05) is 5.32 Å². The smallest absolute Gasteiger partial charge is 0.349 e. The van der Waals surface area contributed by atoms with Gasteiger partial charge in [-0.1, -0.05) is 29.5 Å². The predicted octanol–water partition coefficient (Wildman–Crippen LogP) is 3.82. The molecule has 9 heteroatoms. The molecule has 24 heavy (non-hydrogen) atoms. The van der Waals surface area contributed by atoms with E-state index in [0.29, 0.717) is 15.8 Å². The molecule has 0 radical (unpaired) electrons. The highest BCUT2D eigenvalue weighted by molar-refractivity contribution is 7.16. The van der Waals surface area contributed by atoms with Gasteiger partial charge in [-0.2, -0.15) is 0 Å². The average molecular weight is 343 g/mol. The van der Waals surface area contributed by atoms with Gasteiger partial charge in [0.25, 0.3) is 5.69 Å². The number of anilines is 2. The summed E-state index contributed by atoms with van der Waals surface area (Å²) in [6.07, 6.45) is 0. The molecular weight excluding hydrogens is 334 g/mol. The number of nitrogens with zero attached hydrogens (tertiary/aromatic N) is 2. The molecule has 8 nitrogen and oxygen atoms in total. The van der Waals surface area contributed by atoms with Crippen LogP contribution in [0, 0.1) is 20.2 Å². The average Bonchev–Trinajstić information content (AvgIpc) is 2.54. The van der Waals surface area contributed by atoms with Gasteiger partial charge in [-0.05, 0) is 18.2 Å². The zero-order valence-electron chi connectivity index (χ0n) is 12.0. The lowest BCUT2D eigenvalue weighted by Crippen LogP contribution is -2.08. The van der Waals surface area contributed by atoms with Crippen molar-refractivity contribution in [1.29, 1.82) is 0 Å². The van der Waals surface area contributed by atoms with E-state index in [1.165, 1.54) is 24.3 Å². The zero-order chi connectivity index (χ0) is 17.3. The van der Waals surface area contributed by atoms with E-state index in [4.69, 9.17) is 0 Å². The lowest BCUT2D eigenvalue weighted by atomic mass is 10.2. The number of rotatable bonds is 4. The van der Waals surface area contributed by atoms with Crippen molar-refractivity contribution >= 4 is 44.2 Å². The molecule has 0 unspecified atom stereocenters. The molecule has 0 bridgehead atoms. The second-order valence-electron chi connectivity index (χ2n) is 4.80. The van der Waals surface area contributed by atoms with E-state index in [-0.39, 0.29) is 11.4 Å². The third-order valence-corrected chi connectivity index (χ3v) is 4.27. The highest BCUT2D eigenvalue weighted by atomic mass is 32.1. The first kappa shape index (κ1) is 15.6.